The number of rotatable bonds is 19. The number of carbonyl (C=O) groups is 4. The van der Waals surface area contributed by atoms with Gasteiger partial charge in [-0.1, -0.05) is 56.0 Å². The summed E-state index contributed by atoms with van der Waals surface area (Å²) in [6, 6.07) is 16.7. The van der Waals surface area contributed by atoms with Crippen molar-refractivity contribution < 1.29 is 55.7 Å². The molecule has 0 N–H and O–H groups in total. The Hall–Kier alpha value is -5.87. The molecular formula is C66H91F4N7O9Si. The molecule has 1 aromatic heterocycles. The van der Waals surface area contributed by atoms with E-state index < -0.39 is 60.4 Å². The highest BCUT2D eigenvalue weighted by Crippen LogP contribution is 2.46. The van der Waals surface area contributed by atoms with Crippen LogP contribution in [-0.4, -0.2) is 156 Å². The molecule has 21 heteroatoms. The predicted octanol–water partition coefficient (Wildman–Crippen LogP) is 11.5. The first-order chi connectivity index (χ1) is 40.8. The Morgan fingerprint density at radius 3 is 2.22 bits per heavy atom. The highest BCUT2D eigenvalue weighted by atomic mass is 28.3. The zero-order chi connectivity index (χ0) is 63.0. The van der Waals surface area contributed by atoms with E-state index in [1.54, 1.807) is 43.4 Å². The van der Waals surface area contributed by atoms with E-state index in [2.05, 4.69) is 24.5 Å². The van der Waals surface area contributed by atoms with Crippen LogP contribution in [0, 0.1) is 17.2 Å². The molecular weight excluding hydrogens is 1140 g/mol. The highest BCUT2D eigenvalue weighted by molar-refractivity contribution is 6.76. The Labute approximate surface area is 511 Å². The lowest BCUT2D eigenvalue weighted by molar-refractivity contribution is -0.217. The Morgan fingerprint density at radius 2 is 1.59 bits per heavy atom. The number of likely N-dealkylation sites (tertiary alicyclic amines) is 1. The number of imide groups is 1. The minimum atomic E-state index is -4.46. The van der Waals surface area contributed by atoms with Crippen LogP contribution in [0.1, 0.15) is 134 Å². The van der Waals surface area contributed by atoms with Crippen molar-refractivity contribution in [2.45, 2.75) is 181 Å². The van der Waals surface area contributed by atoms with E-state index in [0.717, 1.165) is 39.0 Å². The number of benzene rings is 3. The average molecular weight is 1230 g/mol. The summed E-state index contributed by atoms with van der Waals surface area (Å²) in [5.74, 6) is -0.777. The molecule has 87 heavy (non-hydrogen) atoms. The Kier molecular flexibility index (Phi) is 19.5. The summed E-state index contributed by atoms with van der Waals surface area (Å²) in [6.07, 6.45) is 0.681. The highest BCUT2D eigenvalue weighted by Gasteiger charge is 2.49. The van der Waals surface area contributed by atoms with Crippen molar-refractivity contribution in [2.24, 2.45) is 11.3 Å². The number of amides is 4. The van der Waals surface area contributed by atoms with Crippen LogP contribution in [0.4, 0.5) is 22.4 Å². The van der Waals surface area contributed by atoms with Gasteiger partial charge in [0.15, 0.2) is 0 Å². The van der Waals surface area contributed by atoms with Gasteiger partial charge in [-0.15, -0.1) is 0 Å². The van der Waals surface area contributed by atoms with Gasteiger partial charge >= 0.3 is 18.0 Å². The number of aromatic nitrogens is 2. The van der Waals surface area contributed by atoms with Crippen LogP contribution in [0.5, 0.6) is 5.75 Å². The molecule has 0 bridgehead atoms. The first-order valence-electron chi connectivity index (χ1n) is 31.1. The Morgan fingerprint density at radius 1 is 0.874 bits per heavy atom. The minimum Gasteiger partial charge on any atom is -0.497 e. The minimum absolute atomic E-state index is 0.0442. The molecule has 9 rings (SSSR count). The molecule has 3 aromatic carbocycles. The summed E-state index contributed by atoms with van der Waals surface area (Å²) in [7, 11) is 0.185. The number of imidazole rings is 1. The van der Waals surface area contributed by atoms with Crippen LogP contribution in [0.3, 0.4) is 0 Å². The second-order valence-electron chi connectivity index (χ2n) is 28.3. The number of nitrogens with zero attached hydrogens (tertiary/aromatic N) is 7. The zero-order valence-corrected chi connectivity index (χ0v) is 54.0. The lowest BCUT2D eigenvalue weighted by Crippen LogP contribution is -2.50. The number of piperazine rings is 1. The third-order valence-electron chi connectivity index (χ3n) is 18.4. The standard InChI is InChI=1S/C66H91F4N7O9Si/c1-62(2,3)86-61(82)74-33-34-75-57-52(41-74)48(17-23-54(57)77(60(75)81)55-24-25-56(78)76(59(55)80)44-84-36-37-87(9,10)11)40-71-29-31-73(32-30-71)58(79)47-15-13-46(14-16-47)51-22-12-45(38-53(51)67)39-72(43-63(4,5)66(68,69)70)28-26-65(27-35-85-64(6,7)42-65)49-18-20-50(83-8)21-19-49/h12-13,17-23,38,47,55H,14-16,24-37,39-44H2,1-11H3/t47-,55?,65+/m0/s1. The Balaban J connectivity index is 0.858. The molecule has 0 spiro atoms. The number of piperidine rings is 1. The topological polar surface area (TPSA) is 148 Å². The molecule has 5 heterocycles. The number of methoxy groups -OCH3 is 1. The fourth-order valence-corrected chi connectivity index (χ4v) is 14.1. The lowest BCUT2D eigenvalue weighted by Gasteiger charge is -2.46. The van der Waals surface area contributed by atoms with E-state index in [4.69, 9.17) is 18.9 Å². The zero-order valence-electron chi connectivity index (χ0n) is 53.0. The van der Waals surface area contributed by atoms with Gasteiger partial charge in [0.2, 0.25) is 11.8 Å². The summed E-state index contributed by atoms with van der Waals surface area (Å²) in [6.45, 7) is 22.7. The molecule has 5 aliphatic rings. The molecule has 3 saturated heterocycles. The van der Waals surface area contributed by atoms with Crippen LogP contribution in [0.25, 0.3) is 16.6 Å². The van der Waals surface area contributed by atoms with Crippen molar-refractivity contribution in [1.82, 2.24) is 33.6 Å². The second-order valence-corrected chi connectivity index (χ2v) is 34.0. The van der Waals surface area contributed by atoms with Gasteiger partial charge in [-0.25, -0.2) is 14.0 Å². The summed E-state index contributed by atoms with van der Waals surface area (Å²) >= 11 is 0. The molecule has 0 radical (unpaired) electrons. The third-order valence-corrected chi connectivity index (χ3v) is 20.1. The van der Waals surface area contributed by atoms with Crippen LogP contribution in [0.15, 0.2) is 65.5 Å². The van der Waals surface area contributed by atoms with E-state index in [-0.39, 0.29) is 75.4 Å². The number of halogens is 4. The maximum atomic E-state index is 16.3. The predicted molar refractivity (Wildman–Crippen MR) is 329 cm³/mol. The summed E-state index contributed by atoms with van der Waals surface area (Å²) in [5.41, 5.74) is 1.76. The van der Waals surface area contributed by atoms with Crippen molar-refractivity contribution in [1.29, 1.82) is 0 Å². The fraction of sp³-hybridized carbons (Fsp3) is 0.621. The molecule has 476 valence electrons. The Bertz CT molecular complexity index is 3260. The molecule has 1 unspecified atom stereocenters. The van der Waals surface area contributed by atoms with Crippen LogP contribution >= 0.6 is 0 Å². The van der Waals surface area contributed by atoms with Gasteiger partial charge in [-0.05, 0) is 153 Å². The van der Waals surface area contributed by atoms with Crippen molar-refractivity contribution in [3.63, 3.8) is 0 Å². The monoisotopic (exact) mass is 1230 g/mol. The molecule has 4 amide bonds. The van der Waals surface area contributed by atoms with Crippen LogP contribution in [0.2, 0.25) is 25.7 Å². The van der Waals surface area contributed by atoms with E-state index in [9.17, 15) is 37.1 Å². The van der Waals surface area contributed by atoms with Crippen molar-refractivity contribution >= 4 is 48.5 Å². The first-order valence-corrected chi connectivity index (χ1v) is 34.8. The number of carbonyl (C=O) groups excluding carboxylic acids is 4. The summed E-state index contributed by atoms with van der Waals surface area (Å²) in [5, 5.41) is 0. The van der Waals surface area contributed by atoms with E-state index in [1.165, 1.54) is 24.5 Å². The second kappa shape index (κ2) is 25.9. The van der Waals surface area contributed by atoms with Gasteiger partial charge < -0.3 is 28.7 Å². The molecule has 3 atom stereocenters. The van der Waals surface area contributed by atoms with Crippen molar-refractivity contribution in [3.05, 3.63) is 105 Å². The molecule has 4 aromatic rings. The summed E-state index contributed by atoms with van der Waals surface area (Å²) < 4.78 is 86.3. The van der Waals surface area contributed by atoms with Gasteiger partial charge in [-0.3, -0.25) is 38.2 Å². The molecule has 1 aliphatic carbocycles. The van der Waals surface area contributed by atoms with Crippen molar-refractivity contribution in [2.75, 3.05) is 72.9 Å². The SMILES string of the molecule is COc1ccc([C@]2(CCN(Cc3ccc(C4=CC[C@H](C(=O)N5CCN(Cc6ccc7c8c6CN(C(=O)OC(C)(C)C)CCn8c(=O)n7C6CCC(=O)N(COCC[Si](C)(C)C)C6=O)CC5)CC4)c(F)c3)CC(C)(C)C(F)(F)F)CCOC(C)(C)C2)cc1. The molecule has 0 saturated carbocycles. The first kappa shape index (κ1) is 65.6. The maximum Gasteiger partial charge on any atom is 0.410 e. The molecule has 16 nitrogen and oxygen atoms in total. The van der Waals surface area contributed by atoms with E-state index in [1.807, 2.05) is 72.2 Å². The van der Waals surface area contributed by atoms with Gasteiger partial charge in [0.05, 0.1) is 35.7 Å². The number of hydrogen-bond donors (Lipinski definition) is 0. The fourth-order valence-electron chi connectivity index (χ4n) is 13.4. The summed E-state index contributed by atoms with van der Waals surface area (Å²) in [4.78, 5) is 78.6. The van der Waals surface area contributed by atoms with Crippen LogP contribution < -0.4 is 10.4 Å². The number of ether oxygens (including phenoxy) is 4. The largest absolute Gasteiger partial charge is 0.497 e. The average Bonchev–Trinajstić information content (AvgIpc) is 1.63. The van der Waals surface area contributed by atoms with Gasteiger partial charge in [0, 0.05) is 109 Å². The van der Waals surface area contributed by atoms with Gasteiger partial charge in [0.25, 0.3) is 5.91 Å². The van der Waals surface area contributed by atoms with Gasteiger partial charge in [0.1, 0.15) is 29.9 Å². The number of hydrogen-bond acceptors (Lipinski definition) is 11. The third kappa shape index (κ3) is 15.2. The van der Waals surface area contributed by atoms with Crippen molar-refractivity contribution in [3.8, 4) is 5.75 Å². The lowest BCUT2D eigenvalue weighted by atomic mass is 9.67. The molecule has 3 fully saturated rings. The normalized spacial score (nSPS) is 21.8. The quantitative estimate of drug-likeness (QED) is 0.0382. The van der Waals surface area contributed by atoms with Gasteiger partial charge in [-0.2, -0.15) is 13.2 Å². The smallest absolute Gasteiger partial charge is 0.410 e. The maximum absolute atomic E-state index is 16.3. The number of allylic oxidation sites excluding steroid dienone is 2. The molecule has 4 aliphatic heterocycles. The van der Waals surface area contributed by atoms with E-state index >= 15 is 4.39 Å². The van der Waals surface area contributed by atoms with Crippen LogP contribution in [-0.2, 0) is 60.2 Å². The number of alkyl halides is 3. The van der Waals surface area contributed by atoms with E-state index in [0.29, 0.717) is 113 Å².